The Morgan fingerprint density at radius 2 is 1.59 bits per heavy atom. The van der Waals surface area contributed by atoms with Gasteiger partial charge in [0.25, 0.3) is 5.91 Å². The van der Waals surface area contributed by atoms with Crippen LogP contribution < -0.4 is 4.90 Å². The van der Waals surface area contributed by atoms with Crippen LogP contribution in [-0.2, 0) is 4.79 Å². The number of hydrogen-bond acceptors (Lipinski definition) is 2. The lowest BCUT2D eigenvalue weighted by atomic mass is 10.1. The number of amides is 1. The van der Waals surface area contributed by atoms with Gasteiger partial charge in [-0.25, -0.2) is 4.99 Å². The van der Waals surface area contributed by atoms with Gasteiger partial charge in [-0.3, -0.25) is 9.69 Å². The molecule has 3 aromatic carbocycles. The lowest BCUT2D eigenvalue weighted by Gasteiger charge is -2.20. The summed E-state index contributed by atoms with van der Waals surface area (Å²) in [6, 6.07) is 25.0. The summed E-state index contributed by atoms with van der Waals surface area (Å²) in [5.74, 6) is 0.469. The van der Waals surface area contributed by atoms with Gasteiger partial charge in [-0.2, -0.15) is 0 Å². The third kappa shape index (κ3) is 3.42. The molecule has 3 nitrogen and oxygen atoms in total. The molecular formula is C23H17ClN2O. The second-order valence-corrected chi connectivity index (χ2v) is 6.75. The maximum absolute atomic E-state index is 13.2. The van der Waals surface area contributed by atoms with E-state index in [1.54, 1.807) is 11.0 Å². The van der Waals surface area contributed by atoms with E-state index in [0.29, 0.717) is 16.6 Å². The molecule has 0 fully saturated rings. The first-order valence-electron chi connectivity index (χ1n) is 8.65. The molecule has 0 aromatic heterocycles. The van der Waals surface area contributed by atoms with Crippen molar-refractivity contribution in [3.8, 4) is 0 Å². The normalized spacial score (nSPS) is 15.3. The van der Waals surface area contributed by atoms with Gasteiger partial charge in [0.1, 0.15) is 11.5 Å². The van der Waals surface area contributed by atoms with E-state index in [1.807, 2.05) is 85.8 Å². The molecule has 4 heteroatoms. The number of anilines is 1. The standard InChI is InChI=1S/C23H17ClN2O/c1-16-14-19(24)12-13-21(16)26-22(18-10-6-3-7-11-18)25-20(23(26)27)15-17-8-4-2-5-9-17/h2-15H,1H3. The number of carbonyl (C=O) groups is 1. The van der Waals surface area contributed by atoms with E-state index >= 15 is 0 Å². The quantitative estimate of drug-likeness (QED) is 0.560. The molecule has 1 heterocycles. The molecule has 0 saturated carbocycles. The first kappa shape index (κ1) is 17.3. The average Bonchev–Trinajstić information content (AvgIpc) is 3.00. The van der Waals surface area contributed by atoms with Crippen molar-refractivity contribution in [3.05, 3.63) is 106 Å². The molecule has 1 aliphatic heterocycles. The molecule has 0 saturated heterocycles. The van der Waals surface area contributed by atoms with E-state index in [-0.39, 0.29) is 5.91 Å². The van der Waals surface area contributed by atoms with Crippen molar-refractivity contribution >= 4 is 35.1 Å². The molecule has 0 spiro atoms. The molecule has 1 aliphatic rings. The van der Waals surface area contributed by atoms with E-state index in [1.165, 1.54) is 0 Å². The van der Waals surface area contributed by atoms with E-state index < -0.39 is 0 Å². The summed E-state index contributed by atoms with van der Waals surface area (Å²) in [5.41, 5.74) is 3.93. The number of carbonyl (C=O) groups excluding carboxylic acids is 1. The summed E-state index contributed by atoms with van der Waals surface area (Å²) in [7, 11) is 0. The van der Waals surface area contributed by atoms with Crippen LogP contribution in [0.1, 0.15) is 16.7 Å². The van der Waals surface area contributed by atoms with E-state index in [2.05, 4.69) is 4.99 Å². The van der Waals surface area contributed by atoms with Gasteiger partial charge in [0.05, 0.1) is 5.69 Å². The van der Waals surface area contributed by atoms with Crippen LogP contribution in [0.15, 0.2) is 89.6 Å². The molecule has 0 aliphatic carbocycles. The molecular weight excluding hydrogens is 356 g/mol. The highest BCUT2D eigenvalue weighted by Crippen LogP contribution is 2.31. The fraction of sp³-hybridized carbons (Fsp3) is 0.0435. The van der Waals surface area contributed by atoms with Crippen LogP contribution in [-0.4, -0.2) is 11.7 Å². The van der Waals surface area contributed by atoms with Crippen molar-refractivity contribution in [1.82, 2.24) is 0 Å². The SMILES string of the molecule is Cc1cc(Cl)ccc1N1C(=O)C(=Cc2ccccc2)N=C1c1ccccc1. The zero-order chi connectivity index (χ0) is 18.8. The van der Waals surface area contributed by atoms with Crippen molar-refractivity contribution in [2.45, 2.75) is 6.92 Å². The van der Waals surface area contributed by atoms with Gasteiger partial charge in [0.15, 0.2) is 0 Å². The molecule has 0 radical (unpaired) electrons. The summed E-state index contributed by atoms with van der Waals surface area (Å²) in [5, 5.41) is 0.640. The van der Waals surface area contributed by atoms with Crippen LogP contribution in [0, 0.1) is 6.92 Å². The van der Waals surface area contributed by atoms with Crippen LogP contribution in [0.4, 0.5) is 5.69 Å². The summed E-state index contributed by atoms with van der Waals surface area (Å²) in [4.78, 5) is 19.6. The Morgan fingerprint density at radius 1 is 0.926 bits per heavy atom. The number of rotatable bonds is 3. The Morgan fingerprint density at radius 3 is 2.26 bits per heavy atom. The number of amidine groups is 1. The maximum atomic E-state index is 13.2. The van der Waals surface area contributed by atoms with Crippen LogP contribution in [0.3, 0.4) is 0 Å². The molecule has 27 heavy (non-hydrogen) atoms. The first-order valence-corrected chi connectivity index (χ1v) is 9.03. The Bertz CT molecular complexity index is 1060. The van der Waals surface area contributed by atoms with Gasteiger partial charge < -0.3 is 0 Å². The molecule has 0 bridgehead atoms. The molecule has 0 N–H and O–H groups in total. The van der Waals surface area contributed by atoms with Crippen LogP contribution in [0.2, 0.25) is 5.02 Å². The van der Waals surface area contributed by atoms with E-state index in [0.717, 1.165) is 22.4 Å². The Hall–Kier alpha value is -3.17. The van der Waals surface area contributed by atoms with Crippen molar-refractivity contribution in [3.63, 3.8) is 0 Å². The zero-order valence-corrected chi connectivity index (χ0v) is 15.5. The largest absolute Gasteiger partial charge is 0.282 e. The Balaban J connectivity index is 1.85. The highest BCUT2D eigenvalue weighted by Gasteiger charge is 2.33. The predicted octanol–water partition coefficient (Wildman–Crippen LogP) is 5.48. The molecule has 1 amide bonds. The van der Waals surface area contributed by atoms with Crippen LogP contribution in [0.5, 0.6) is 0 Å². The second kappa shape index (κ2) is 7.22. The minimum Gasteiger partial charge on any atom is -0.266 e. The topological polar surface area (TPSA) is 32.7 Å². The fourth-order valence-corrected chi connectivity index (χ4v) is 3.32. The summed E-state index contributed by atoms with van der Waals surface area (Å²) >= 11 is 6.10. The molecule has 3 aromatic rings. The van der Waals surface area contributed by atoms with E-state index in [4.69, 9.17) is 11.6 Å². The molecule has 4 rings (SSSR count). The summed E-state index contributed by atoms with van der Waals surface area (Å²) < 4.78 is 0. The molecule has 132 valence electrons. The minimum atomic E-state index is -0.150. The minimum absolute atomic E-state index is 0.150. The lowest BCUT2D eigenvalue weighted by Crippen LogP contribution is -2.33. The van der Waals surface area contributed by atoms with Crippen molar-refractivity contribution in [1.29, 1.82) is 0 Å². The fourth-order valence-electron chi connectivity index (χ4n) is 3.10. The van der Waals surface area contributed by atoms with Crippen molar-refractivity contribution in [2.75, 3.05) is 4.90 Å². The smallest absolute Gasteiger partial charge is 0.266 e. The van der Waals surface area contributed by atoms with Gasteiger partial charge in [-0.1, -0.05) is 72.3 Å². The van der Waals surface area contributed by atoms with Gasteiger partial charge in [0, 0.05) is 10.6 Å². The van der Waals surface area contributed by atoms with Gasteiger partial charge in [-0.05, 0) is 42.3 Å². The zero-order valence-electron chi connectivity index (χ0n) is 14.8. The first-order chi connectivity index (χ1) is 13.1. The average molecular weight is 373 g/mol. The number of benzene rings is 3. The lowest BCUT2D eigenvalue weighted by molar-refractivity contribution is -0.113. The van der Waals surface area contributed by atoms with Gasteiger partial charge >= 0.3 is 0 Å². The van der Waals surface area contributed by atoms with Crippen LogP contribution >= 0.6 is 11.6 Å². The highest BCUT2D eigenvalue weighted by atomic mass is 35.5. The third-order valence-corrected chi connectivity index (χ3v) is 4.63. The predicted molar refractivity (Wildman–Crippen MR) is 111 cm³/mol. The molecule has 0 atom stereocenters. The van der Waals surface area contributed by atoms with Gasteiger partial charge in [0.2, 0.25) is 0 Å². The number of aryl methyl sites for hydroxylation is 1. The number of nitrogens with zero attached hydrogens (tertiary/aromatic N) is 2. The Labute approximate surface area is 163 Å². The van der Waals surface area contributed by atoms with Crippen molar-refractivity contribution in [2.24, 2.45) is 4.99 Å². The highest BCUT2D eigenvalue weighted by molar-refractivity contribution is 6.34. The second-order valence-electron chi connectivity index (χ2n) is 6.31. The van der Waals surface area contributed by atoms with Crippen molar-refractivity contribution < 1.29 is 4.79 Å². The molecule has 0 unspecified atom stereocenters. The number of halogens is 1. The van der Waals surface area contributed by atoms with Gasteiger partial charge in [-0.15, -0.1) is 0 Å². The number of aliphatic imine (C=N–C) groups is 1. The summed E-state index contributed by atoms with van der Waals surface area (Å²) in [6.45, 7) is 1.94. The van der Waals surface area contributed by atoms with Crippen LogP contribution in [0.25, 0.3) is 6.08 Å². The van der Waals surface area contributed by atoms with E-state index in [9.17, 15) is 4.79 Å². The monoisotopic (exact) mass is 372 g/mol. The Kier molecular flexibility index (Phi) is 4.61. The maximum Gasteiger partial charge on any atom is 0.282 e. The summed E-state index contributed by atoms with van der Waals surface area (Å²) in [6.07, 6.45) is 1.82. The third-order valence-electron chi connectivity index (χ3n) is 4.40. The number of hydrogen-bond donors (Lipinski definition) is 0.